The summed E-state index contributed by atoms with van der Waals surface area (Å²) in [6.45, 7) is 0. The zero-order chi connectivity index (χ0) is 26.0. The van der Waals surface area contributed by atoms with E-state index in [2.05, 4.69) is 118 Å². The third-order valence-electron chi connectivity index (χ3n) is 7.78. The number of H-pyrrole nitrogens is 2. The smallest absolute Gasteiger partial charge is 0.292 e. The molecule has 8 nitrogen and oxygen atoms in total. The van der Waals surface area contributed by atoms with E-state index in [1.807, 2.05) is 0 Å². The van der Waals surface area contributed by atoms with E-state index >= 15 is 0 Å². The van der Waals surface area contributed by atoms with Crippen LogP contribution in [-0.2, 0) is 53.9 Å². The van der Waals surface area contributed by atoms with Crippen molar-refractivity contribution < 1.29 is 9.13 Å². The minimum absolute atomic E-state index is 0.902. The molecule has 2 aliphatic rings. The Morgan fingerprint density at radius 2 is 1.11 bits per heavy atom. The molecule has 0 amide bonds. The van der Waals surface area contributed by atoms with E-state index in [-0.39, 0.29) is 0 Å². The number of rotatable bonds is 2. The summed E-state index contributed by atoms with van der Waals surface area (Å²) in [5.41, 5.74) is 11.0. The van der Waals surface area contributed by atoms with Crippen LogP contribution < -0.4 is 9.13 Å². The second kappa shape index (κ2) is 8.55. The van der Waals surface area contributed by atoms with Crippen LogP contribution in [0, 0.1) is 0 Å². The Labute approximate surface area is 220 Å². The minimum Gasteiger partial charge on any atom is -0.355 e. The molecule has 8 heteroatoms. The normalized spacial score (nSPS) is 13.4. The Hall–Kier alpha value is -4.46. The molecular weight excluding hydrogens is 472 g/mol. The maximum atomic E-state index is 5.16. The molecule has 190 valence electrons. The van der Waals surface area contributed by atoms with Gasteiger partial charge in [-0.1, -0.05) is 0 Å². The predicted molar refractivity (Wildman–Crippen MR) is 147 cm³/mol. The van der Waals surface area contributed by atoms with Crippen molar-refractivity contribution >= 4 is 22.1 Å². The van der Waals surface area contributed by atoms with Crippen LogP contribution in [0.2, 0.25) is 0 Å². The predicted octanol–water partition coefficient (Wildman–Crippen LogP) is 3.55. The summed E-state index contributed by atoms with van der Waals surface area (Å²) in [5.74, 6) is 2.26. The summed E-state index contributed by atoms with van der Waals surface area (Å²) in [5, 5.41) is 0. The molecule has 2 N–H and O–H groups in total. The lowest BCUT2D eigenvalue weighted by Gasteiger charge is -2.02. The highest BCUT2D eigenvalue weighted by atomic mass is 15.1. The number of aromatic amines is 2. The van der Waals surface area contributed by atoms with Gasteiger partial charge in [0.15, 0.2) is 0 Å². The van der Waals surface area contributed by atoms with Gasteiger partial charge in [-0.15, -0.1) is 0 Å². The number of nitrogens with one attached hydrogen (secondary N) is 2. The van der Waals surface area contributed by atoms with Gasteiger partial charge in [0.1, 0.15) is 35.9 Å². The highest BCUT2D eigenvalue weighted by Gasteiger charge is 2.25. The molecule has 0 fully saturated rings. The molecule has 0 saturated heterocycles. The van der Waals surface area contributed by atoms with Crippen LogP contribution in [0.15, 0.2) is 61.2 Å². The summed E-state index contributed by atoms with van der Waals surface area (Å²) >= 11 is 0. The molecule has 7 heterocycles. The van der Waals surface area contributed by atoms with Crippen molar-refractivity contribution in [1.29, 1.82) is 0 Å². The minimum atomic E-state index is 0.902. The monoisotopic (exact) mass is 504 g/mol. The first-order valence-corrected chi connectivity index (χ1v) is 13.2. The second-order valence-corrected chi connectivity index (χ2v) is 10.5. The van der Waals surface area contributed by atoms with Gasteiger partial charge in [-0.3, -0.25) is 9.97 Å². The van der Waals surface area contributed by atoms with Gasteiger partial charge in [-0.05, 0) is 62.1 Å². The van der Waals surface area contributed by atoms with Crippen molar-refractivity contribution in [2.45, 2.75) is 25.7 Å². The third kappa shape index (κ3) is 3.67. The van der Waals surface area contributed by atoms with E-state index < -0.39 is 0 Å². The van der Waals surface area contributed by atoms with E-state index in [4.69, 9.17) is 9.97 Å². The maximum Gasteiger partial charge on any atom is 0.292 e. The van der Waals surface area contributed by atoms with Crippen LogP contribution in [0.25, 0.3) is 44.8 Å². The average Bonchev–Trinajstić information content (AvgIpc) is 3.73. The summed E-state index contributed by atoms with van der Waals surface area (Å²) in [6.07, 6.45) is 12.0. The molecule has 8 bridgehead atoms. The van der Waals surface area contributed by atoms with Gasteiger partial charge in [0.05, 0.1) is 50.6 Å². The van der Waals surface area contributed by atoms with Crippen molar-refractivity contribution in [3.63, 3.8) is 0 Å². The summed E-state index contributed by atoms with van der Waals surface area (Å²) in [6, 6.07) is 13.0. The topological polar surface area (TPSA) is 75.0 Å². The summed E-state index contributed by atoms with van der Waals surface area (Å²) < 4.78 is 8.68. The highest BCUT2D eigenvalue weighted by Crippen LogP contribution is 2.30. The number of hydrogen-bond donors (Lipinski definition) is 2. The third-order valence-corrected chi connectivity index (χ3v) is 7.78. The molecule has 0 aliphatic carbocycles. The van der Waals surface area contributed by atoms with Crippen LogP contribution in [0.5, 0.6) is 0 Å². The summed E-state index contributed by atoms with van der Waals surface area (Å²) in [7, 11) is 8.37. The molecule has 2 aliphatic heterocycles. The van der Waals surface area contributed by atoms with Gasteiger partial charge in [0.2, 0.25) is 0 Å². The van der Waals surface area contributed by atoms with Gasteiger partial charge in [-0.25, -0.2) is 18.3 Å². The number of hydrogen-bond acceptors (Lipinski definition) is 2. The van der Waals surface area contributed by atoms with E-state index in [1.165, 1.54) is 0 Å². The first-order valence-electron chi connectivity index (χ1n) is 13.2. The first-order chi connectivity index (χ1) is 18.4. The van der Waals surface area contributed by atoms with E-state index in [1.54, 1.807) is 0 Å². The Kier molecular flexibility index (Phi) is 5.11. The Bertz CT molecular complexity index is 1700. The Balaban J connectivity index is 1.59. The standard InChI is InChI=1S/C30H31N8/c1-35-13-14-36(2)29(35)27-23-9-5-19(31-23)17-21-7-11-25(33-21)28(30-37(3)15-16-38(30)4)26-12-8-22(34-26)18-20-6-10-24(27)32-20/h5,8-9,12-18H,6-7,10-11H2,1-4H3,(H,31,34)/q+1/p+1. The number of nitrogens with zero attached hydrogens (tertiary/aromatic N) is 6. The summed E-state index contributed by atoms with van der Waals surface area (Å²) in [4.78, 5) is 17.7. The van der Waals surface area contributed by atoms with Gasteiger partial charge in [0, 0.05) is 22.4 Å². The molecule has 38 heavy (non-hydrogen) atoms. The van der Waals surface area contributed by atoms with Gasteiger partial charge < -0.3 is 9.97 Å². The first kappa shape index (κ1) is 22.7. The molecule has 0 atom stereocenters. The number of aryl methyl sites for hydroxylation is 8. The molecule has 5 aromatic heterocycles. The number of imidazole rings is 2. The van der Waals surface area contributed by atoms with Crippen molar-refractivity contribution in [2.24, 2.45) is 28.2 Å². The molecule has 0 aromatic carbocycles. The van der Waals surface area contributed by atoms with Crippen LogP contribution in [-0.4, -0.2) is 29.1 Å². The van der Waals surface area contributed by atoms with Gasteiger partial charge in [-0.2, -0.15) is 0 Å². The number of aromatic nitrogens is 8. The zero-order valence-corrected chi connectivity index (χ0v) is 22.3. The second-order valence-electron chi connectivity index (χ2n) is 10.5. The highest BCUT2D eigenvalue weighted by molar-refractivity contribution is 5.81. The molecule has 7 rings (SSSR count). The van der Waals surface area contributed by atoms with E-state index in [0.717, 1.165) is 93.3 Å². The lowest BCUT2D eigenvalue weighted by Crippen LogP contribution is -2.29. The zero-order valence-electron chi connectivity index (χ0n) is 22.3. The Morgan fingerprint density at radius 1 is 0.658 bits per heavy atom. The lowest BCUT2D eigenvalue weighted by atomic mass is 10.1. The van der Waals surface area contributed by atoms with Crippen LogP contribution >= 0.6 is 0 Å². The van der Waals surface area contributed by atoms with Gasteiger partial charge in [0.25, 0.3) is 11.6 Å². The molecule has 0 radical (unpaired) electrons. The molecule has 0 unspecified atom stereocenters. The molecule has 5 aromatic rings. The maximum absolute atomic E-state index is 5.16. The SMILES string of the molecule is Cn1cc[n+](C)c1-c1c2nc(cc3ccc([nH]3)c(-c3n(C)cc[n+]3C)c3nc(cc4ccc1[nH]4)CC3)CC2. The van der Waals surface area contributed by atoms with Crippen LogP contribution in [0.3, 0.4) is 0 Å². The van der Waals surface area contributed by atoms with Crippen molar-refractivity contribution in [3.8, 4) is 22.8 Å². The van der Waals surface area contributed by atoms with Crippen molar-refractivity contribution in [2.75, 3.05) is 0 Å². The largest absolute Gasteiger partial charge is 0.355 e. The molecule has 0 saturated carbocycles. The molecule has 0 spiro atoms. The quantitative estimate of drug-likeness (QED) is 0.361. The fraction of sp³-hybridized carbons (Fsp3) is 0.267. The fourth-order valence-corrected chi connectivity index (χ4v) is 5.97. The lowest BCUT2D eigenvalue weighted by molar-refractivity contribution is -0.659. The van der Waals surface area contributed by atoms with Gasteiger partial charge >= 0.3 is 0 Å². The number of fused-ring (bicyclic) bond motifs is 8. The average molecular weight is 505 g/mol. The van der Waals surface area contributed by atoms with Crippen LogP contribution in [0.4, 0.5) is 0 Å². The fourth-order valence-electron chi connectivity index (χ4n) is 5.97. The Morgan fingerprint density at radius 3 is 1.50 bits per heavy atom. The van der Waals surface area contributed by atoms with Crippen molar-refractivity contribution in [3.05, 3.63) is 84.0 Å². The molecular formula is C30H32N8+2. The van der Waals surface area contributed by atoms with Crippen molar-refractivity contribution in [1.82, 2.24) is 29.1 Å². The van der Waals surface area contributed by atoms with E-state index in [9.17, 15) is 0 Å². The van der Waals surface area contributed by atoms with Crippen LogP contribution in [0.1, 0.15) is 22.8 Å². The van der Waals surface area contributed by atoms with E-state index in [0.29, 0.717) is 0 Å².